The Balaban J connectivity index is 1.63. The summed E-state index contributed by atoms with van der Waals surface area (Å²) in [5.41, 5.74) is 0.859. The second-order valence-corrected chi connectivity index (χ2v) is 3.29. The van der Waals surface area contributed by atoms with Gasteiger partial charge in [0.15, 0.2) is 6.39 Å². The minimum atomic E-state index is 0.534. The van der Waals surface area contributed by atoms with E-state index in [-0.39, 0.29) is 0 Å². The van der Waals surface area contributed by atoms with E-state index in [0.717, 1.165) is 18.8 Å². The maximum atomic E-state index is 5.48. The van der Waals surface area contributed by atoms with E-state index in [1.807, 2.05) is 0 Å². The van der Waals surface area contributed by atoms with Gasteiger partial charge in [-0.25, -0.2) is 4.98 Å². The Bertz CT molecular complexity index is 230. The third kappa shape index (κ3) is 2.54. The van der Waals surface area contributed by atoms with E-state index in [1.165, 1.54) is 19.2 Å². The zero-order valence-electron chi connectivity index (χ0n) is 7.53. The highest BCUT2D eigenvalue weighted by Gasteiger charge is 2.13. The zero-order valence-corrected chi connectivity index (χ0v) is 7.53. The first-order chi connectivity index (χ1) is 6.45. The first kappa shape index (κ1) is 8.72. The monoisotopic (exact) mass is 182 g/mol. The summed E-state index contributed by atoms with van der Waals surface area (Å²) in [4.78, 5) is 3.97. The molecule has 13 heavy (non-hydrogen) atoms. The van der Waals surface area contributed by atoms with Gasteiger partial charge in [-0.2, -0.15) is 0 Å². The molecule has 0 spiro atoms. The van der Waals surface area contributed by atoms with Crippen LogP contribution >= 0.6 is 0 Å². The maximum Gasteiger partial charge on any atom is 0.180 e. The molecule has 0 saturated carbocycles. The molecule has 0 aromatic carbocycles. The molecule has 1 N–H and O–H groups in total. The lowest BCUT2D eigenvalue weighted by molar-refractivity contribution is 0.101. The molecule has 0 radical (unpaired) electrons. The quantitative estimate of drug-likeness (QED) is 0.753. The Labute approximate surface area is 77.3 Å². The average molecular weight is 182 g/mol. The minimum Gasteiger partial charge on any atom is -0.451 e. The SMILES string of the molecule is c1nc(COC[C@@H]2CCCN2)co1. The standard InChI is InChI=1S/C9H14N2O2/c1-2-8(10-3-1)4-12-5-9-6-13-7-11-9/h6-8,10H,1-5H2/t8-/m0/s1. The van der Waals surface area contributed by atoms with E-state index in [9.17, 15) is 0 Å². The highest BCUT2D eigenvalue weighted by molar-refractivity contribution is 4.87. The summed E-state index contributed by atoms with van der Waals surface area (Å²) in [6.45, 7) is 2.44. The number of ether oxygens (including phenoxy) is 1. The Morgan fingerprint density at radius 1 is 1.69 bits per heavy atom. The van der Waals surface area contributed by atoms with Crippen LogP contribution in [0.25, 0.3) is 0 Å². The van der Waals surface area contributed by atoms with Gasteiger partial charge in [-0.05, 0) is 19.4 Å². The van der Waals surface area contributed by atoms with Gasteiger partial charge in [-0.1, -0.05) is 0 Å². The van der Waals surface area contributed by atoms with Crippen molar-refractivity contribution in [1.82, 2.24) is 10.3 Å². The van der Waals surface area contributed by atoms with Crippen LogP contribution in [-0.4, -0.2) is 24.2 Å². The molecule has 1 atom stereocenters. The molecule has 1 aliphatic rings. The number of aromatic nitrogens is 1. The molecule has 2 rings (SSSR count). The van der Waals surface area contributed by atoms with E-state index in [2.05, 4.69) is 10.3 Å². The third-order valence-electron chi connectivity index (χ3n) is 2.21. The molecule has 1 fully saturated rings. The molecule has 4 heteroatoms. The second-order valence-electron chi connectivity index (χ2n) is 3.29. The molecule has 4 nitrogen and oxygen atoms in total. The average Bonchev–Trinajstić information content (AvgIpc) is 2.75. The number of oxazole rings is 1. The van der Waals surface area contributed by atoms with E-state index >= 15 is 0 Å². The molecule has 2 heterocycles. The second kappa shape index (κ2) is 4.39. The predicted octanol–water partition coefficient (Wildman–Crippen LogP) is 0.943. The van der Waals surface area contributed by atoms with Crippen LogP contribution in [0.4, 0.5) is 0 Å². The lowest BCUT2D eigenvalue weighted by atomic mass is 10.2. The first-order valence-corrected chi connectivity index (χ1v) is 4.63. The maximum absolute atomic E-state index is 5.48. The molecular weight excluding hydrogens is 168 g/mol. The van der Waals surface area contributed by atoms with E-state index in [1.54, 1.807) is 6.26 Å². The predicted molar refractivity (Wildman–Crippen MR) is 47.2 cm³/mol. The van der Waals surface area contributed by atoms with Gasteiger partial charge in [0.25, 0.3) is 0 Å². The van der Waals surface area contributed by atoms with E-state index < -0.39 is 0 Å². The fourth-order valence-electron chi connectivity index (χ4n) is 1.51. The van der Waals surface area contributed by atoms with E-state index in [0.29, 0.717) is 12.6 Å². The summed E-state index contributed by atoms with van der Waals surface area (Å²) < 4.78 is 10.3. The molecule has 0 amide bonds. The van der Waals surface area contributed by atoms with Crippen molar-refractivity contribution in [3.8, 4) is 0 Å². The van der Waals surface area contributed by atoms with Crippen LogP contribution < -0.4 is 5.32 Å². The number of rotatable bonds is 4. The molecule has 0 aliphatic carbocycles. The number of hydrogen-bond donors (Lipinski definition) is 1. The van der Waals surface area contributed by atoms with Crippen LogP contribution in [0.5, 0.6) is 0 Å². The van der Waals surface area contributed by atoms with Gasteiger partial charge < -0.3 is 14.5 Å². The highest BCUT2D eigenvalue weighted by Crippen LogP contribution is 2.06. The van der Waals surface area contributed by atoms with Gasteiger partial charge in [0, 0.05) is 6.04 Å². The van der Waals surface area contributed by atoms with Crippen LogP contribution in [0.2, 0.25) is 0 Å². The molecular formula is C9H14N2O2. The van der Waals surface area contributed by atoms with Crippen LogP contribution in [0.3, 0.4) is 0 Å². The van der Waals surface area contributed by atoms with Crippen molar-refractivity contribution in [2.24, 2.45) is 0 Å². The Hall–Kier alpha value is -0.870. The molecule has 0 unspecified atom stereocenters. The van der Waals surface area contributed by atoms with Gasteiger partial charge in [-0.3, -0.25) is 0 Å². The summed E-state index contributed by atoms with van der Waals surface area (Å²) in [7, 11) is 0. The summed E-state index contributed by atoms with van der Waals surface area (Å²) in [5, 5.41) is 3.37. The normalized spacial score (nSPS) is 22.3. The molecule has 1 saturated heterocycles. The van der Waals surface area contributed by atoms with Crippen molar-refractivity contribution in [2.45, 2.75) is 25.5 Å². The van der Waals surface area contributed by atoms with Gasteiger partial charge in [0.2, 0.25) is 0 Å². The van der Waals surface area contributed by atoms with Gasteiger partial charge in [0.05, 0.1) is 13.2 Å². The van der Waals surface area contributed by atoms with Crippen molar-refractivity contribution in [2.75, 3.05) is 13.2 Å². The van der Waals surface area contributed by atoms with Crippen molar-refractivity contribution in [3.63, 3.8) is 0 Å². The number of hydrogen-bond acceptors (Lipinski definition) is 4. The van der Waals surface area contributed by atoms with Crippen molar-refractivity contribution >= 4 is 0 Å². The zero-order chi connectivity index (χ0) is 8.93. The smallest absolute Gasteiger partial charge is 0.180 e. The molecule has 72 valence electrons. The van der Waals surface area contributed by atoms with Gasteiger partial charge >= 0.3 is 0 Å². The Kier molecular flexibility index (Phi) is 2.94. The third-order valence-corrected chi connectivity index (χ3v) is 2.21. The van der Waals surface area contributed by atoms with Crippen LogP contribution in [-0.2, 0) is 11.3 Å². The topological polar surface area (TPSA) is 47.3 Å². The molecule has 0 bridgehead atoms. The summed E-state index contributed by atoms with van der Waals surface area (Å²) in [6, 6.07) is 0.534. The van der Waals surface area contributed by atoms with Crippen molar-refractivity contribution in [1.29, 1.82) is 0 Å². The molecule has 1 aliphatic heterocycles. The fraction of sp³-hybridized carbons (Fsp3) is 0.667. The minimum absolute atomic E-state index is 0.534. The fourth-order valence-corrected chi connectivity index (χ4v) is 1.51. The lowest BCUT2D eigenvalue weighted by Crippen LogP contribution is -2.26. The van der Waals surface area contributed by atoms with E-state index in [4.69, 9.17) is 9.15 Å². The van der Waals surface area contributed by atoms with Gasteiger partial charge in [0.1, 0.15) is 12.0 Å². The largest absolute Gasteiger partial charge is 0.451 e. The van der Waals surface area contributed by atoms with Crippen LogP contribution in [0, 0.1) is 0 Å². The highest BCUT2D eigenvalue weighted by atomic mass is 16.5. The number of nitrogens with one attached hydrogen (secondary N) is 1. The lowest BCUT2D eigenvalue weighted by Gasteiger charge is -2.09. The Morgan fingerprint density at radius 2 is 2.69 bits per heavy atom. The summed E-state index contributed by atoms with van der Waals surface area (Å²) >= 11 is 0. The molecule has 1 aromatic heterocycles. The van der Waals surface area contributed by atoms with Crippen molar-refractivity contribution < 1.29 is 9.15 Å². The van der Waals surface area contributed by atoms with Crippen molar-refractivity contribution in [3.05, 3.63) is 18.4 Å². The summed E-state index contributed by atoms with van der Waals surface area (Å²) in [5.74, 6) is 0. The summed E-state index contributed by atoms with van der Waals surface area (Å²) in [6.07, 6.45) is 5.52. The first-order valence-electron chi connectivity index (χ1n) is 4.63. The Morgan fingerprint density at radius 3 is 3.38 bits per heavy atom. The van der Waals surface area contributed by atoms with Gasteiger partial charge in [-0.15, -0.1) is 0 Å². The number of nitrogens with zero attached hydrogens (tertiary/aromatic N) is 1. The van der Waals surface area contributed by atoms with Crippen LogP contribution in [0.15, 0.2) is 17.1 Å². The van der Waals surface area contributed by atoms with Crippen LogP contribution in [0.1, 0.15) is 18.5 Å². The molecule has 1 aromatic rings.